The smallest absolute Gasteiger partial charge is 0.386 e. The zero-order valence-electron chi connectivity index (χ0n) is 12.3. The first kappa shape index (κ1) is 19.0. The van der Waals surface area contributed by atoms with Gasteiger partial charge in [0.15, 0.2) is 0 Å². The SMILES string of the molecule is O=C(C=C(c1cc(Cl)cc(Cl)c1)C(F)(F)F)OC(=O)c1ccccc1. The Kier molecular flexibility index (Phi) is 5.87. The summed E-state index contributed by atoms with van der Waals surface area (Å²) in [5.41, 5.74) is -1.72. The van der Waals surface area contributed by atoms with Crippen molar-refractivity contribution in [3.8, 4) is 0 Å². The average molecular weight is 389 g/mol. The number of benzene rings is 2. The maximum absolute atomic E-state index is 13.2. The van der Waals surface area contributed by atoms with Gasteiger partial charge in [0.25, 0.3) is 0 Å². The largest absolute Gasteiger partial charge is 0.417 e. The number of allylic oxidation sites excluding steroid dienone is 1. The lowest BCUT2D eigenvalue weighted by Crippen LogP contribution is -2.16. The van der Waals surface area contributed by atoms with Crippen LogP contribution >= 0.6 is 23.2 Å². The van der Waals surface area contributed by atoms with Gasteiger partial charge in [-0.1, -0.05) is 41.4 Å². The van der Waals surface area contributed by atoms with E-state index in [1.54, 1.807) is 6.07 Å². The average Bonchev–Trinajstić information content (AvgIpc) is 2.51. The zero-order valence-corrected chi connectivity index (χ0v) is 13.8. The van der Waals surface area contributed by atoms with Gasteiger partial charge in [0.1, 0.15) is 0 Å². The van der Waals surface area contributed by atoms with E-state index in [2.05, 4.69) is 4.74 Å². The molecule has 3 nitrogen and oxygen atoms in total. The van der Waals surface area contributed by atoms with Crippen LogP contribution in [-0.4, -0.2) is 18.1 Å². The first-order chi connectivity index (χ1) is 11.7. The van der Waals surface area contributed by atoms with Crippen molar-refractivity contribution < 1.29 is 27.5 Å². The monoisotopic (exact) mass is 388 g/mol. The minimum Gasteiger partial charge on any atom is -0.386 e. The van der Waals surface area contributed by atoms with Crippen molar-refractivity contribution in [3.05, 3.63) is 75.8 Å². The standard InChI is InChI=1S/C17H9Cl2F3O3/c18-12-6-11(7-13(19)8-12)14(17(20,21)22)9-15(23)25-16(24)10-4-2-1-3-5-10/h1-9H. The summed E-state index contributed by atoms with van der Waals surface area (Å²) in [5.74, 6) is -2.52. The van der Waals surface area contributed by atoms with Crippen molar-refractivity contribution >= 4 is 40.7 Å². The van der Waals surface area contributed by atoms with Gasteiger partial charge in [-0.3, -0.25) is 0 Å². The second kappa shape index (κ2) is 7.72. The molecule has 25 heavy (non-hydrogen) atoms. The third-order valence-electron chi connectivity index (χ3n) is 2.94. The van der Waals surface area contributed by atoms with Crippen LogP contribution in [0.25, 0.3) is 5.57 Å². The normalized spacial score (nSPS) is 12.0. The lowest BCUT2D eigenvalue weighted by atomic mass is 10.1. The molecule has 0 aliphatic rings. The summed E-state index contributed by atoms with van der Waals surface area (Å²) in [7, 11) is 0. The van der Waals surface area contributed by atoms with Crippen molar-refractivity contribution in [3.63, 3.8) is 0 Å². The molecule has 8 heteroatoms. The number of ether oxygens (including phenoxy) is 1. The van der Waals surface area contributed by atoms with E-state index in [1.807, 2.05) is 0 Å². The summed E-state index contributed by atoms with van der Waals surface area (Å²) in [6, 6.07) is 10.6. The number of alkyl halides is 3. The molecule has 0 aromatic heterocycles. The molecule has 0 spiro atoms. The highest BCUT2D eigenvalue weighted by Gasteiger charge is 2.36. The van der Waals surface area contributed by atoms with Crippen LogP contribution in [0.4, 0.5) is 13.2 Å². The lowest BCUT2D eigenvalue weighted by Gasteiger charge is -2.12. The van der Waals surface area contributed by atoms with Crippen LogP contribution < -0.4 is 0 Å². The van der Waals surface area contributed by atoms with Gasteiger partial charge >= 0.3 is 18.1 Å². The third-order valence-corrected chi connectivity index (χ3v) is 3.38. The van der Waals surface area contributed by atoms with E-state index in [0.717, 1.165) is 12.1 Å². The summed E-state index contributed by atoms with van der Waals surface area (Å²) in [6.45, 7) is 0. The van der Waals surface area contributed by atoms with E-state index in [0.29, 0.717) is 0 Å². The van der Waals surface area contributed by atoms with Gasteiger partial charge in [-0.2, -0.15) is 13.2 Å². The number of carbonyl (C=O) groups is 2. The molecule has 0 bridgehead atoms. The van der Waals surface area contributed by atoms with Crippen molar-refractivity contribution in [2.75, 3.05) is 0 Å². The van der Waals surface area contributed by atoms with Crippen molar-refractivity contribution in [2.45, 2.75) is 6.18 Å². The Morgan fingerprint density at radius 2 is 1.48 bits per heavy atom. The second-order valence-corrected chi connectivity index (χ2v) is 5.66. The Bertz CT molecular complexity index is 811. The molecule has 0 heterocycles. The minimum absolute atomic E-state index is 0.0311. The highest BCUT2D eigenvalue weighted by atomic mass is 35.5. The Labute approximate surface area is 150 Å². The fourth-order valence-electron chi connectivity index (χ4n) is 1.91. The van der Waals surface area contributed by atoms with Crippen LogP contribution in [0.1, 0.15) is 15.9 Å². The Balaban J connectivity index is 2.31. The molecule has 2 rings (SSSR count). The van der Waals surface area contributed by atoms with Crippen LogP contribution in [0.2, 0.25) is 10.0 Å². The molecule has 0 radical (unpaired) electrons. The summed E-state index contributed by atoms with van der Waals surface area (Å²) in [5, 5.41) is -0.0715. The predicted octanol–water partition coefficient (Wildman–Crippen LogP) is 5.32. The number of hydrogen-bond acceptors (Lipinski definition) is 3. The third kappa shape index (κ3) is 5.34. The molecular weight excluding hydrogens is 380 g/mol. The maximum atomic E-state index is 13.2. The minimum atomic E-state index is -4.89. The molecule has 0 saturated heterocycles. The molecule has 2 aromatic carbocycles. The fourth-order valence-corrected chi connectivity index (χ4v) is 2.44. The van der Waals surface area contributed by atoms with Crippen molar-refractivity contribution in [1.29, 1.82) is 0 Å². The molecule has 0 N–H and O–H groups in total. The first-order valence-corrected chi connectivity index (χ1v) is 7.49. The molecule has 0 amide bonds. The maximum Gasteiger partial charge on any atom is 0.417 e. The molecule has 0 unspecified atom stereocenters. The second-order valence-electron chi connectivity index (χ2n) is 4.79. The predicted molar refractivity (Wildman–Crippen MR) is 87.4 cm³/mol. The molecule has 0 saturated carbocycles. The van der Waals surface area contributed by atoms with Crippen LogP contribution in [0.3, 0.4) is 0 Å². The highest BCUT2D eigenvalue weighted by Crippen LogP contribution is 2.36. The van der Waals surface area contributed by atoms with Crippen LogP contribution in [-0.2, 0) is 9.53 Å². The summed E-state index contributed by atoms with van der Waals surface area (Å²) >= 11 is 11.4. The van der Waals surface area contributed by atoms with E-state index in [-0.39, 0.29) is 21.7 Å². The number of halogens is 5. The van der Waals surface area contributed by atoms with Gasteiger partial charge in [-0.25, -0.2) is 9.59 Å². The van der Waals surface area contributed by atoms with E-state index in [9.17, 15) is 22.8 Å². The molecular formula is C17H9Cl2F3O3. The number of esters is 2. The molecule has 0 aliphatic heterocycles. The number of rotatable bonds is 3. The first-order valence-electron chi connectivity index (χ1n) is 6.73. The molecule has 0 fully saturated rings. The van der Waals surface area contributed by atoms with Crippen molar-refractivity contribution in [2.24, 2.45) is 0 Å². The lowest BCUT2D eigenvalue weighted by molar-refractivity contribution is -0.132. The van der Waals surface area contributed by atoms with Gasteiger partial charge in [0, 0.05) is 16.1 Å². The van der Waals surface area contributed by atoms with E-state index < -0.39 is 29.3 Å². The fraction of sp³-hybridized carbons (Fsp3) is 0.0588. The van der Waals surface area contributed by atoms with Gasteiger partial charge in [-0.05, 0) is 35.9 Å². The number of hydrogen-bond donors (Lipinski definition) is 0. The molecule has 2 aromatic rings. The Morgan fingerprint density at radius 3 is 2.00 bits per heavy atom. The summed E-state index contributed by atoms with van der Waals surface area (Å²) in [4.78, 5) is 23.5. The van der Waals surface area contributed by atoms with E-state index in [1.165, 1.54) is 30.3 Å². The Hall–Kier alpha value is -2.31. The van der Waals surface area contributed by atoms with Gasteiger partial charge in [0.05, 0.1) is 11.1 Å². The topological polar surface area (TPSA) is 43.4 Å². The number of carbonyl (C=O) groups excluding carboxylic acids is 2. The van der Waals surface area contributed by atoms with Gasteiger partial charge in [0.2, 0.25) is 0 Å². The van der Waals surface area contributed by atoms with E-state index in [4.69, 9.17) is 23.2 Å². The van der Waals surface area contributed by atoms with Crippen LogP contribution in [0, 0.1) is 0 Å². The Morgan fingerprint density at radius 1 is 0.920 bits per heavy atom. The van der Waals surface area contributed by atoms with Crippen molar-refractivity contribution in [1.82, 2.24) is 0 Å². The van der Waals surface area contributed by atoms with Gasteiger partial charge < -0.3 is 4.74 Å². The summed E-state index contributed by atoms with van der Waals surface area (Å²) in [6.07, 6.45) is -4.70. The molecule has 0 aliphatic carbocycles. The summed E-state index contributed by atoms with van der Waals surface area (Å²) < 4.78 is 44.2. The highest BCUT2D eigenvalue weighted by molar-refractivity contribution is 6.34. The van der Waals surface area contributed by atoms with Crippen LogP contribution in [0.15, 0.2) is 54.6 Å². The molecule has 130 valence electrons. The quantitative estimate of drug-likeness (QED) is 0.405. The molecule has 0 atom stereocenters. The van der Waals surface area contributed by atoms with Gasteiger partial charge in [-0.15, -0.1) is 0 Å². The zero-order chi connectivity index (χ0) is 18.6. The van der Waals surface area contributed by atoms with E-state index >= 15 is 0 Å². The van der Waals surface area contributed by atoms with Crippen LogP contribution in [0.5, 0.6) is 0 Å².